The standard InChI is InChI=1S/C22H30N2O3/c1-16(2)23-22(25)24(5)19-9-11-20(12-10-19)26-13-6-14-27-21-15-17(3)7-8-18(21)4/h7-12,15-16H,6,13-14H2,1-5H3,(H,23,25). The molecule has 1 N–H and O–H groups in total. The Morgan fingerprint density at radius 1 is 1.04 bits per heavy atom. The van der Waals surface area contributed by atoms with Crippen LogP contribution in [0.4, 0.5) is 10.5 Å². The lowest BCUT2D eigenvalue weighted by Gasteiger charge is -2.20. The van der Waals surface area contributed by atoms with E-state index in [4.69, 9.17) is 9.47 Å². The monoisotopic (exact) mass is 370 g/mol. The van der Waals surface area contributed by atoms with Crippen molar-refractivity contribution in [2.45, 2.75) is 40.2 Å². The first-order valence-electron chi connectivity index (χ1n) is 9.34. The van der Waals surface area contributed by atoms with Gasteiger partial charge < -0.3 is 14.8 Å². The first-order valence-corrected chi connectivity index (χ1v) is 9.34. The van der Waals surface area contributed by atoms with Crippen LogP contribution in [0.25, 0.3) is 0 Å². The van der Waals surface area contributed by atoms with Crippen molar-refractivity contribution < 1.29 is 14.3 Å². The molecule has 2 rings (SSSR count). The minimum Gasteiger partial charge on any atom is -0.493 e. The van der Waals surface area contributed by atoms with Crippen molar-refractivity contribution in [1.29, 1.82) is 0 Å². The van der Waals surface area contributed by atoms with E-state index in [1.165, 1.54) is 5.56 Å². The maximum absolute atomic E-state index is 12.0. The predicted molar refractivity (Wildman–Crippen MR) is 110 cm³/mol. The van der Waals surface area contributed by atoms with Crippen LogP contribution in [0.3, 0.4) is 0 Å². The fourth-order valence-electron chi connectivity index (χ4n) is 2.52. The van der Waals surface area contributed by atoms with E-state index in [-0.39, 0.29) is 12.1 Å². The van der Waals surface area contributed by atoms with Crippen LogP contribution in [0.1, 0.15) is 31.4 Å². The van der Waals surface area contributed by atoms with Crippen molar-refractivity contribution in [1.82, 2.24) is 5.32 Å². The highest BCUT2D eigenvalue weighted by molar-refractivity contribution is 5.91. The van der Waals surface area contributed by atoms with E-state index in [0.717, 1.165) is 29.2 Å². The Labute approximate surface area is 162 Å². The minimum absolute atomic E-state index is 0.105. The number of carbonyl (C=O) groups excluding carboxylic acids is 1. The van der Waals surface area contributed by atoms with Crippen LogP contribution in [-0.4, -0.2) is 32.3 Å². The van der Waals surface area contributed by atoms with Crippen LogP contribution in [0.5, 0.6) is 11.5 Å². The lowest BCUT2D eigenvalue weighted by atomic mass is 10.1. The number of ether oxygens (including phenoxy) is 2. The van der Waals surface area contributed by atoms with Gasteiger partial charge in [0.15, 0.2) is 0 Å². The number of hydrogen-bond donors (Lipinski definition) is 1. The fourth-order valence-corrected chi connectivity index (χ4v) is 2.52. The molecule has 0 spiro atoms. The zero-order valence-electron chi connectivity index (χ0n) is 16.9. The van der Waals surface area contributed by atoms with Gasteiger partial charge in [-0.1, -0.05) is 12.1 Å². The van der Waals surface area contributed by atoms with Gasteiger partial charge in [0.05, 0.1) is 13.2 Å². The van der Waals surface area contributed by atoms with Crippen LogP contribution in [-0.2, 0) is 0 Å². The SMILES string of the molecule is Cc1ccc(C)c(OCCCOc2ccc(N(C)C(=O)NC(C)C)cc2)c1. The number of nitrogens with one attached hydrogen (secondary N) is 1. The van der Waals surface area contributed by atoms with E-state index in [0.29, 0.717) is 13.2 Å². The number of rotatable bonds is 8. The molecule has 0 fully saturated rings. The van der Waals surface area contributed by atoms with Crippen molar-refractivity contribution in [2.75, 3.05) is 25.2 Å². The van der Waals surface area contributed by atoms with E-state index in [1.807, 2.05) is 45.0 Å². The van der Waals surface area contributed by atoms with Crippen molar-refractivity contribution in [3.63, 3.8) is 0 Å². The first-order chi connectivity index (χ1) is 12.9. The van der Waals surface area contributed by atoms with Crippen molar-refractivity contribution in [3.05, 3.63) is 53.6 Å². The summed E-state index contributed by atoms with van der Waals surface area (Å²) in [6.45, 7) is 9.17. The molecule has 0 unspecified atom stereocenters. The molecule has 27 heavy (non-hydrogen) atoms. The number of nitrogens with zero attached hydrogens (tertiary/aromatic N) is 1. The Hall–Kier alpha value is -2.69. The lowest BCUT2D eigenvalue weighted by molar-refractivity contribution is 0.244. The third-order valence-corrected chi connectivity index (χ3v) is 4.10. The summed E-state index contributed by atoms with van der Waals surface area (Å²) in [6.07, 6.45) is 0.797. The molecule has 2 aromatic rings. The maximum Gasteiger partial charge on any atom is 0.321 e. The summed E-state index contributed by atoms with van der Waals surface area (Å²) in [5.74, 6) is 1.71. The lowest BCUT2D eigenvalue weighted by Crippen LogP contribution is -2.40. The van der Waals surface area contributed by atoms with E-state index < -0.39 is 0 Å². The highest BCUT2D eigenvalue weighted by Crippen LogP contribution is 2.20. The molecule has 0 aromatic heterocycles. The average molecular weight is 370 g/mol. The molecule has 2 amide bonds. The summed E-state index contributed by atoms with van der Waals surface area (Å²) in [4.78, 5) is 13.6. The fraction of sp³-hybridized carbons (Fsp3) is 0.409. The molecular weight excluding hydrogens is 340 g/mol. The zero-order valence-corrected chi connectivity index (χ0v) is 16.9. The molecule has 0 saturated carbocycles. The third-order valence-electron chi connectivity index (χ3n) is 4.10. The summed E-state index contributed by atoms with van der Waals surface area (Å²) in [6, 6.07) is 13.7. The van der Waals surface area contributed by atoms with Gasteiger partial charge in [-0.2, -0.15) is 0 Å². The number of carbonyl (C=O) groups is 1. The van der Waals surface area contributed by atoms with Gasteiger partial charge in [0.1, 0.15) is 11.5 Å². The van der Waals surface area contributed by atoms with Gasteiger partial charge in [0, 0.05) is 25.2 Å². The number of anilines is 1. The summed E-state index contributed by atoms with van der Waals surface area (Å²) in [5.41, 5.74) is 3.15. The van der Waals surface area contributed by atoms with E-state index in [1.54, 1.807) is 11.9 Å². The molecule has 0 aliphatic rings. The van der Waals surface area contributed by atoms with Crippen molar-refractivity contribution in [3.8, 4) is 11.5 Å². The number of amides is 2. The predicted octanol–water partition coefficient (Wildman–Crippen LogP) is 4.71. The molecule has 0 aliphatic carbocycles. The van der Waals surface area contributed by atoms with Crippen LogP contribution in [0, 0.1) is 13.8 Å². The topological polar surface area (TPSA) is 50.8 Å². The Morgan fingerprint density at radius 2 is 1.70 bits per heavy atom. The summed E-state index contributed by atoms with van der Waals surface area (Å²) >= 11 is 0. The second-order valence-electron chi connectivity index (χ2n) is 6.98. The number of aryl methyl sites for hydroxylation is 2. The van der Waals surface area contributed by atoms with Gasteiger partial charge >= 0.3 is 6.03 Å². The van der Waals surface area contributed by atoms with Crippen molar-refractivity contribution in [2.24, 2.45) is 0 Å². The molecule has 0 bridgehead atoms. The Kier molecular flexibility index (Phi) is 7.53. The second-order valence-corrected chi connectivity index (χ2v) is 6.98. The zero-order chi connectivity index (χ0) is 19.8. The summed E-state index contributed by atoms with van der Waals surface area (Å²) < 4.78 is 11.6. The largest absolute Gasteiger partial charge is 0.493 e. The average Bonchev–Trinajstić information content (AvgIpc) is 2.63. The second kappa shape index (κ2) is 9.86. The van der Waals surface area contributed by atoms with E-state index in [9.17, 15) is 4.79 Å². The highest BCUT2D eigenvalue weighted by Gasteiger charge is 2.11. The number of benzene rings is 2. The Balaban J connectivity index is 1.75. The van der Waals surface area contributed by atoms with Gasteiger partial charge in [0.2, 0.25) is 0 Å². The molecule has 0 saturated heterocycles. The third kappa shape index (κ3) is 6.51. The quantitative estimate of drug-likeness (QED) is 0.685. The Bertz CT molecular complexity index is 742. The normalized spacial score (nSPS) is 10.6. The maximum atomic E-state index is 12.0. The van der Waals surface area contributed by atoms with Gasteiger partial charge in [-0.25, -0.2) is 4.79 Å². The smallest absolute Gasteiger partial charge is 0.321 e. The van der Waals surface area contributed by atoms with Crippen molar-refractivity contribution >= 4 is 11.7 Å². The molecule has 0 aliphatic heterocycles. The summed E-state index contributed by atoms with van der Waals surface area (Å²) in [5, 5.41) is 2.87. The molecule has 146 valence electrons. The molecule has 2 aromatic carbocycles. The van der Waals surface area contributed by atoms with Crippen LogP contribution < -0.4 is 19.7 Å². The number of hydrogen-bond acceptors (Lipinski definition) is 3. The number of urea groups is 1. The first kappa shape index (κ1) is 20.6. The van der Waals surface area contributed by atoms with Crippen LogP contribution >= 0.6 is 0 Å². The van der Waals surface area contributed by atoms with Crippen LogP contribution in [0.15, 0.2) is 42.5 Å². The molecular formula is C22H30N2O3. The summed E-state index contributed by atoms with van der Waals surface area (Å²) in [7, 11) is 1.75. The van der Waals surface area contributed by atoms with Gasteiger partial charge in [-0.05, 0) is 69.2 Å². The van der Waals surface area contributed by atoms with Gasteiger partial charge in [-0.3, -0.25) is 4.90 Å². The van der Waals surface area contributed by atoms with E-state index >= 15 is 0 Å². The van der Waals surface area contributed by atoms with Gasteiger partial charge in [0.25, 0.3) is 0 Å². The highest BCUT2D eigenvalue weighted by atomic mass is 16.5. The van der Waals surface area contributed by atoms with Gasteiger partial charge in [-0.15, -0.1) is 0 Å². The molecule has 5 nitrogen and oxygen atoms in total. The Morgan fingerprint density at radius 3 is 2.37 bits per heavy atom. The van der Waals surface area contributed by atoms with Crippen LogP contribution in [0.2, 0.25) is 0 Å². The molecule has 0 radical (unpaired) electrons. The molecule has 0 heterocycles. The minimum atomic E-state index is -0.123. The molecule has 0 atom stereocenters. The van der Waals surface area contributed by atoms with E-state index in [2.05, 4.69) is 30.4 Å². The molecule has 5 heteroatoms.